The molecule has 2 heteroatoms. The van der Waals surface area contributed by atoms with Gasteiger partial charge in [0.2, 0.25) is 0 Å². The molecule has 2 aromatic carbocycles. The lowest BCUT2D eigenvalue weighted by molar-refractivity contribution is 0.813. The summed E-state index contributed by atoms with van der Waals surface area (Å²) in [5.41, 5.74) is 2.55. The second-order valence-corrected chi connectivity index (χ2v) is 4.94. The van der Waals surface area contributed by atoms with Crippen molar-refractivity contribution in [2.75, 3.05) is 0 Å². The average molecular weight is 234 g/mol. The predicted molar refractivity (Wildman–Crippen MR) is 73.0 cm³/mol. The molecule has 0 aliphatic heterocycles. The summed E-state index contributed by atoms with van der Waals surface area (Å²) >= 11 is 0. The summed E-state index contributed by atoms with van der Waals surface area (Å²) in [7, 11) is 0. The first-order valence-electron chi connectivity index (χ1n) is 6.45. The smallest absolute Gasteiger partial charge is 0.0727 e. The van der Waals surface area contributed by atoms with Gasteiger partial charge >= 0.3 is 0 Å². The van der Waals surface area contributed by atoms with E-state index < -0.39 is 0 Å². The monoisotopic (exact) mass is 234 g/mol. The maximum absolute atomic E-state index is 4.51. The van der Waals surface area contributed by atoms with Gasteiger partial charge in [0.15, 0.2) is 0 Å². The molecule has 1 fully saturated rings. The fourth-order valence-electron chi connectivity index (χ4n) is 2.60. The Morgan fingerprint density at radius 3 is 2.67 bits per heavy atom. The highest BCUT2D eigenvalue weighted by molar-refractivity contribution is 5.90. The second kappa shape index (κ2) is 3.70. The molecule has 4 rings (SSSR count). The largest absolute Gasteiger partial charge is 0.237 e. The number of benzene rings is 2. The van der Waals surface area contributed by atoms with Crippen molar-refractivity contribution in [2.45, 2.75) is 18.8 Å². The van der Waals surface area contributed by atoms with E-state index in [1.54, 1.807) is 0 Å². The van der Waals surface area contributed by atoms with E-state index in [2.05, 4.69) is 58.3 Å². The number of hydrogen-bond acceptors (Lipinski definition) is 1. The number of aromatic nitrogens is 2. The second-order valence-electron chi connectivity index (χ2n) is 4.94. The van der Waals surface area contributed by atoms with Crippen LogP contribution in [0.2, 0.25) is 0 Å². The lowest BCUT2D eigenvalue weighted by Gasteiger charge is -2.10. The topological polar surface area (TPSA) is 17.8 Å². The molecule has 88 valence electrons. The molecule has 2 nitrogen and oxygen atoms in total. The van der Waals surface area contributed by atoms with E-state index in [1.807, 2.05) is 6.20 Å². The Kier molecular flexibility index (Phi) is 2.04. The molecular formula is C16H14N2. The van der Waals surface area contributed by atoms with Crippen molar-refractivity contribution in [3.8, 4) is 5.69 Å². The minimum atomic E-state index is 0.714. The van der Waals surface area contributed by atoms with E-state index >= 15 is 0 Å². The summed E-state index contributed by atoms with van der Waals surface area (Å²) in [6.07, 6.45) is 4.52. The normalized spacial score (nSPS) is 15.1. The van der Waals surface area contributed by atoms with E-state index in [0.717, 1.165) is 0 Å². The van der Waals surface area contributed by atoms with Crippen molar-refractivity contribution >= 4 is 10.8 Å². The first-order chi connectivity index (χ1) is 8.93. The number of hydrogen-bond donors (Lipinski definition) is 0. The molecule has 1 aliphatic carbocycles. The molecule has 1 aromatic heterocycles. The van der Waals surface area contributed by atoms with Gasteiger partial charge in [-0.25, -0.2) is 4.68 Å². The molecule has 0 N–H and O–H groups in total. The average Bonchev–Trinajstić information content (AvgIpc) is 3.16. The van der Waals surface area contributed by atoms with Gasteiger partial charge in [-0.3, -0.25) is 0 Å². The van der Waals surface area contributed by atoms with Gasteiger partial charge < -0.3 is 0 Å². The minimum Gasteiger partial charge on any atom is -0.237 e. The van der Waals surface area contributed by atoms with Gasteiger partial charge in [0.25, 0.3) is 0 Å². The molecular weight excluding hydrogens is 220 g/mol. The van der Waals surface area contributed by atoms with Crippen LogP contribution in [0.3, 0.4) is 0 Å². The lowest BCUT2D eigenvalue weighted by atomic mass is 10.1. The van der Waals surface area contributed by atoms with Gasteiger partial charge in [0.1, 0.15) is 0 Å². The van der Waals surface area contributed by atoms with Crippen LogP contribution in [0, 0.1) is 0 Å². The van der Waals surface area contributed by atoms with E-state index in [-0.39, 0.29) is 0 Å². The van der Waals surface area contributed by atoms with Crippen LogP contribution in [-0.4, -0.2) is 9.78 Å². The van der Waals surface area contributed by atoms with Crippen LogP contribution in [0.5, 0.6) is 0 Å². The first kappa shape index (κ1) is 9.89. The summed E-state index contributed by atoms with van der Waals surface area (Å²) in [5, 5.41) is 7.05. The number of rotatable bonds is 2. The van der Waals surface area contributed by atoms with Crippen LogP contribution in [0.1, 0.15) is 24.5 Å². The fraction of sp³-hybridized carbons (Fsp3) is 0.188. The van der Waals surface area contributed by atoms with Crippen LogP contribution >= 0.6 is 0 Å². The standard InChI is InChI=1S/C16H14N2/c1-2-6-14-12(4-1)5-3-7-16(14)18-15(10-11-17-18)13-8-9-13/h1-7,10-11,13H,8-9H2. The van der Waals surface area contributed by atoms with Crippen molar-refractivity contribution in [1.29, 1.82) is 0 Å². The Morgan fingerprint density at radius 1 is 0.944 bits per heavy atom. The Hall–Kier alpha value is -2.09. The molecule has 0 saturated heterocycles. The van der Waals surface area contributed by atoms with Crippen molar-refractivity contribution in [1.82, 2.24) is 9.78 Å². The van der Waals surface area contributed by atoms with Crippen LogP contribution in [0.4, 0.5) is 0 Å². The minimum absolute atomic E-state index is 0.714. The van der Waals surface area contributed by atoms with Crippen LogP contribution in [0.25, 0.3) is 16.5 Å². The summed E-state index contributed by atoms with van der Waals surface area (Å²) in [6, 6.07) is 17.1. The molecule has 0 radical (unpaired) electrons. The van der Waals surface area contributed by atoms with Crippen molar-refractivity contribution in [3.05, 3.63) is 60.4 Å². The van der Waals surface area contributed by atoms with Crippen molar-refractivity contribution in [2.24, 2.45) is 0 Å². The van der Waals surface area contributed by atoms with Gasteiger partial charge in [0.05, 0.1) is 5.69 Å². The quantitative estimate of drug-likeness (QED) is 0.657. The van der Waals surface area contributed by atoms with Gasteiger partial charge in [-0.05, 0) is 30.4 Å². The molecule has 0 atom stereocenters. The molecule has 1 aliphatic rings. The highest BCUT2D eigenvalue weighted by Crippen LogP contribution is 2.41. The van der Waals surface area contributed by atoms with E-state index in [1.165, 1.54) is 35.0 Å². The third-order valence-corrected chi connectivity index (χ3v) is 3.66. The Bertz CT molecular complexity index is 702. The van der Waals surface area contributed by atoms with Gasteiger partial charge in [0, 0.05) is 23.2 Å². The fourth-order valence-corrected chi connectivity index (χ4v) is 2.60. The van der Waals surface area contributed by atoms with E-state index in [0.29, 0.717) is 5.92 Å². The number of nitrogens with zero attached hydrogens (tertiary/aromatic N) is 2. The first-order valence-corrected chi connectivity index (χ1v) is 6.45. The lowest BCUT2D eigenvalue weighted by Crippen LogP contribution is -2.01. The summed E-state index contributed by atoms with van der Waals surface area (Å²) in [6.45, 7) is 0. The van der Waals surface area contributed by atoms with E-state index in [9.17, 15) is 0 Å². The van der Waals surface area contributed by atoms with Crippen LogP contribution in [-0.2, 0) is 0 Å². The summed E-state index contributed by atoms with van der Waals surface area (Å²) < 4.78 is 2.11. The highest BCUT2D eigenvalue weighted by atomic mass is 15.3. The summed E-state index contributed by atoms with van der Waals surface area (Å²) in [4.78, 5) is 0. The molecule has 18 heavy (non-hydrogen) atoms. The van der Waals surface area contributed by atoms with Gasteiger partial charge in [-0.15, -0.1) is 0 Å². The third kappa shape index (κ3) is 1.46. The van der Waals surface area contributed by atoms with Crippen molar-refractivity contribution in [3.63, 3.8) is 0 Å². The zero-order valence-electron chi connectivity index (χ0n) is 10.1. The Labute approximate surface area is 106 Å². The predicted octanol–water partition coefficient (Wildman–Crippen LogP) is 3.90. The molecule has 0 unspecified atom stereocenters. The third-order valence-electron chi connectivity index (χ3n) is 3.66. The Balaban J connectivity index is 1.98. The van der Waals surface area contributed by atoms with Crippen molar-refractivity contribution < 1.29 is 0 Å². The zero-order valence-corrected chi connectivity index (χ0v) is 10.1. The van der Waals surface area contributed by atoms with Gasteiger partial charge in [-0.2, -0.15) is 5.10 Å². The molecule has 1 heterocycles. The Morgan fingerprint density at radius 2 is 1.78 bits per heavy atom. The number of fused-ring (bicyclic) bond motifs is 1. The zero-order chi connectivity index (χ0) is 11.9. The van der Waals surface area contributed by atoms with Gasteiger partial charge in [-0.1, -0.05) is 36.4 Å². The highest BCUT2D eigenvalue weighted by Gasteiger charge is 2.27. The van der Waals surface area contributed by atoms with Crippen LogP contribution in [0.15, 0.2) is 54.7 Å². The SMILES string of the molecule is c1ccc2c(-n3nccc3C3CC3)cccc2c1. The maximum atomic E-state index is 4.51. The molecule has 0 spiro atoms. The molecule has 0 bridgehead atoms. The maximum Gasteiger partial charge on any atom is 0.0727 e. The van der Waals surface area contributed by atoms with E-state index in [4.69, 9.17) is 0 Å². The molecule has 1 saturated carbocycles. The van der Waals surface area contributed by atoms with Crippen LogP contribution < -0.4 is 0 Å². The molecule has 3 aromatic rings. The molecule has 0 amide bonds. The summed E-state index contributed by atoms with van der Waals surface area (Å²) in [5.74, 6) is 0.714.